The predicted octanol–water partition coefficient (Wildman–Crippen LogP) is 2.50. The first-order chi connectivity index (χ1) is 10.7. The molecule has 1 amide bonds. The summed E-state index contributed by atoms with van der Waals surface area (Å²) in [5.74, 6) is 1.79. The molecule has 0 unspecified atom stereocenters. The lowest BCUT2D eigenvalue weighted by atomic mass is 10.0. The number of fused-ring (bicyclic) bond motifs is 1. The Kier molecular flexibility index (Phi) is 3.21. The maximum Gasteiger partial charge on any atom is 0.289 e. The molecule has 0 bridgehead atoms. The molecule has 1 aliphatic heterocycles. The quantitative estimate of drug-likeness (QED) is 0.854. The van der Waals surface area contributed by atoms with E-state index in [2.05, 4.69) is 9.97 Å². The first-order valence-electron chi connectivity index (χ1n) is 7.91. The lowest BCUT2D eigenvalue weighted by molar-refractivity contribution is 0.0729. The smallest absolute Gasteiger partial charge is 0.289 e. The second-order valence-electron chi connectivity index (χ2n) is 6.16. The van der Waals surface area contributed by atoms with Crippen LogP contribution in [0.25, 0.3) is 0 Å². The van der Waals surface area contributed by atoms with Gasteiger partial charge in [-0.3, -0.25) is 4.79 Å². The highest BCUT2D eigenvalue weighted by atomic mass is 16.3. The number of amides is 1. The molecule has 4 rings (SSSR count). The van der Waals surface area contributed by atoms with E-state index in [1.807, 2.05) is 17.9 Å². The largest absolute Gasteiger partial charge is 0.456 e. The van der Waals surface area contributed by atoms with Crippen molar-refractivity contribution in [3.8, 4) is 0 Å². The number of nitrogens with zero attached hydrogens (tertiary/aromatic N) is 3. The van der Waals surface area contributed by atoms with Gasteiger partial charge in [-0.1, -0.05) is 0 Å². The fraction of sp³-hybridized carbons (Fsp3) is 0.471. The van der Waals surface area contributed by atoms with Gasteiger partial charge in [-0.2, -0.15) is 0 Å². The molecule has 5 nitrogen and oxygen atoms in total. The second kappa shape index (κ2) is 5.23. The SMILES string of the molecule is Cc1ccc(C(=O)N2CCc3ncnc(C4CC4)c3CC2)o1. The number of aromatic nitrogens is 2. The lowest BCUT2D eigenvalue weighted by Gasteiger charge is -2.18. The molecule has 5 heteroatoms. The molecular formula is C17H19N3O2. The van der Waals surface area contributed by atoms with Crippen molar-refractivity contribution in [3.63, 3.8) is 0 Å². The molecule has 1 fully saturated rings. The predicted molar refractivity (Wildman–Crippen MR) is 80.8 cm³/mol. The van der Waals surface area contributed by atoms with Gasteiger partial charge in [0.25, 0.3) is 5.91 Å². The Bertz CT molecular complexity index is 718. The molecule has 2 aromatic heterocycles. The molecule has 114 valence electrons. The van der Waals surface area contributed by atoms with Crippen LogP contribution in [0.4, 0.5) is 0 Å². The van der Waals surface area contributed by atoms with E-state index >= 15 is 0 Å². The van der Waals surface area contributed by atoms with E-state index < -0.39 is 0 Å². The molecule has 0 radical (unpaired) electrons. The summed E-state index contributed by atoms with van der Waals surface area (Å²) >= 11 is 0. The van der Waals surface area contributed by atoms with Crippen molar-refractivity contribution in [2.75, 3.05) is 13.1 Å². The Hall–Kier alpha value is -2.17. The van der Waals surface area contributed by atoms with E-state index in [-0.39, 0.29) is 5.91 Å². The van der Waals surface area contributed by atoms with E-state index in [9.17, 15) is 4.79 Å². The molecule has 2 aromatic rings. The molecule has 3 heterocycles. The third-order valence-corrected chi connectivity index (χ3v) is 4.52. The van der Waals surface area contributed by atoms with Gasteiger partial charge in [0.15, 0.2) is 5.76 Å². The molecule has 0 saturated heterocycles. The minimum Gasteiger partial charge on any atom is -0.456 e. The van der Waals surface area contributed by atoms with Gasteiger partial charge in [-0.25, -0.2) is 9.97 Å². The van der Waals surface area contributed by atoms with Crippen LogP contribution < -0.4 is 0 Å². The Balaban J connectivity index is 1.56. The molecule has 0 aromatic carbocycles. The van der Waals surface area contributed by atoms with Crippen LogP contribution in [-0.4, -0.2) is 33.9 Å². The minimum absolute atomic E-state index is 0.0261. The average molecular weight is 297 g/mol. The zero-order chi connectivity index (χ0) is 15.1. The first-order valence-corrected chi connectivity index (χ1v) is 7.91. The summed E-state index contributed by atoms with van der Waals surface area (Å²) in [6, 6.07) is 3.58. The number of carbonyl (C=O) groups excluding carboxylic acids is 1. The van der Waals surface area contributed by atoms with E-state index in [1.54, 1.807) is 12.4 Å². The van der Waals surface area contributed by atoms with Gasteiger partial charge in [0, 0.05) is 31.1 Å². The van der Waals surface area contributed by atoms with Crippen LogP contribution in [0.15, 0.2) is 22.9 Å². The zero-order valence-corrected chi connectivity index (χ0v) is 12.7. The monoisotopic (exact) mass is 297 g/mol. The van der Waals surface area contributed by atoms with Gasteiger partial charge < -0.3 is 9.32 Å². The van der Waals surface area contributed by atoms with Crippen LogP contribution in [0, 0.1) is 6.92 Å². The third kappa shape index (κ3) is 2.40. The van der Waals surface area contributed by atoms with Crippen molar-refractivity contribution in [2.24, 2.45) is 0 Å². The van der Waals surface area contributed by atoms with Gasteiger partial charge >= 0.3 is 0 Å². The molecule has 0 N–H and O–H groups in total. The van der Waals surface area contributed by atoms with Crippen molar-refractivity contribution in [2.45, 2.75) is 38.5 Å². The van der Waals surface area contributed by atoms with Gasteiger partial charge in [0.1, 0.15) is 12.1 Å². The first kappa shape index (κ1) is 13.5. The highest BCUT2D eigenvalue weighted by molar-refractivity contribution is 5.91. The van der Waals surface area contributed by atoms with Gasteiger partial charge in [0.2, 0.25) is 0 Å². The van der Waals surface area contributed by atoms with Crippen molar-refractivity contribution >= 4 is 5.91 Å². The summed E-state index contributed by atoms with van der Waals surface area (Å²) in [7, 11) is 0. The van der Waals surface area contributed by atoms with Gasteiger partial charge in [0.05, 0.1) is 5.69 Å². The van der Waals surface area contributed by atoms with E-state index in [4.69, 9.17) is 4.42 Å². The second-order valence-corrected chi connectivity index (χ2v) is 6.16. The standard InChI is InChI=1S/C17H19N3O2/c1-11-2-5-15(22-11)17(21)20-8-6-13-14(7-9-20)18-10-19-16(13)12-3-4-12/h2,5,10,12H,3-4,6-9H2,1H3. The van der Waals surface area contributed by atoms with Crippen LogP contribution in [0.3, 0.4) is 0 Å². The Morgan fingerprint density at radius 3 is 2.77 bits per heavy atom. The summed E-state index contributed by atoms with van der Waals surface area (Å²) < 4.78 is 5.47. The number of furan rings is 1. The molecule has 0 atom stereocenters. The molecule has 0 spiro atoms. The molecule has 1 aliphatic carbocycles. The summed E-state index contributed by atoms with van der Waals surface area (Å²) in [5.41, 5.74) is 3.60. The fourth-order valence-corrected chi connectivity index (χ4v) is 3.17. The van der Waals surface area contributed by atoms with Crippen LogP contribution in [0.1, 0.15) is 52.0 Å². The third-order valence-electron chi connectivity index (χ3n) is 4.52. The van der Waals surface area contributed by atoms with Crippen LogP contribution in [0.5, 0.6) is 0 Å². The highest BCUT2D eigenvalue weighted by Crippen LogP contribution is 2.41. The highest BCUT2D eigenvalue weighted by Gasteiger charge is 2.31. The Morgan fingerprint density at radius 1 is 1.23 bits per heavy atom. The van der Waals surface area contributed by atoms with Crippen LogP contribution >= 0.6 is 0 Å². The number of hydrogen-bond donors (Lipinski definition) is 0. The van der Waals surface area contributed by atoms with Gasteiger partial charge in [-0.05, 0) is 43.9 Å². The lowest BCUT2D eigenvalue weighted by Crippen LogP contribution is -2.33. The number of hydrogen-bond acceptors (Lipinski definition) is 4. The van der Waals surface area contributed by atoms with Crippen LogP contribution in [-0.2, 0) is 12.8 Å². The maximum absolute atomic E-state index is 12.5. The van der Waals surface area contributed by atoms with Crippen molar-refractivity contribution < 1.29 is 9.21 Å². The summed E-state index contributed by atoms with van der Waals surface area (Å²) in [6.45, 7) is 3.25. The van der Waals surface area contributed by atoms with Crippen molar-refractivity contribution in [1.82, 2.24) is 14.9 Å². The van der Waals surface area contributed by atoms with Crippen molar-refractivity contribution in [3.05, 3.63) is 46.9 Å². The fourth-order valence-electron chi connectivity index (χ4n) is 3.17. The minimum atomic E-state index is -0.0261. The molecule has 1 saturated carbocycles. The van der Waals surface area contributed by atoms with E-state index in [1.165, 1.54) is 24.1 Å². The number of rotatable bonds is 2. The summed E-state index contributed by atoms with van der Waals surface area (Å²) in [4.78, 5) is 23.4. The van der Waals surface area contributed by atoms with E-state index in [0.29, 0.717) is 24.8 Å². The average Bonchev–Trinajstić information content (AvgIpc) is 3.31. The topological polar surface area (TPSA) is 59.2 Å². The number of carbonyl (C=O) groups is 1. The normalized spacial score (nSPS) is 18.0. The van der Waals surface area contributed by atoms with E-state index in [0.717, 1.165) is 24.3 Å². The zero-order valence-electron chi connectivity index (χ0n) is 12.7. The number of aryl methyl sites for hydroxylation is 1. The maximum atomic E-state index is 12.5. The summed E-state index contributed by atoms with van der Waals surface area (Å²) in [6.07, 6.45) is 5.78. The molecular weight excluding hydrogens is 278 g/mol. The summed E-state index contributed by atoms with van der Waals surface area (Å²) in [5, 5.41) is 0. The van der Waals surface area contributed by atoms with Crippen molar-refractivity contribution in [1.29, 1.82) is 0 Å². The Morgan fingerprint density at radius 2 is 2.05 bits per heavy atom. The van der Waals surface area contributed by atoms with Gasteiger partial charge in [-0.15, -0.1) is 0 Å². The van der Waals surface area contributed by atoms with Crippen LogP contribution in [0.2, 0.25) is 0 Å². The Labute approximate surface area is 129 Å². The molecule has 2 aliphatic rings. The molecule has 22 heavy (non-hydrogen) atoms.